The SMILES string of the molecule is COc1ccc(C(C)NC(=O)C2(C)CC(=O)N=C3C=CC=CN32)cc1. The normalized spacial score (nSPS) is 22.9. The zero-order valence-corrected chi connectivity index (χ0v) is 14.5. The van der Waals surface area contributed by atoms with Gasteiger partial charge >= 0.3 is 0 Å². The number of nitrogens with one attached hydrogen (secondary N) is 1. The van der Waals surface area contributed by atoms with Gasteiger partial charge in [-0.05, 0) is 43.7 Å². The Morgan fingerprint density at radius 1 is 1.32 bits per heavy atom. The fourth-order valence-electron chi connectivity index (χ4n) is 3.01. The molecule has 0 fully saturated rings. The Balaban J connectivity index is 1.79. The van der Waals surface area contributed by atoms with Gasteiger partial charge in [-0.3, -0.25) is 9.59 Å². The lowest BCUT2D eigenvalue weighted by Gasteiger charge is -2.42. The molecular weight excluding hydrogens is 318 g/mol. The number of benzene rings is 1. The van der Waals surface area contributed by atoms with Gasteiger partial charge in [-0.1, -0.05) is 18.2 Å². The number of fused-ring (bicyclic) bond motifs is 1. The molecule has 0 radical (unpaired) electrons. The average Bonchev–Trinajstić information content (AvgIpc) is 2.61. The number of aliphatic imine (C=N–C) groups is 1. The Labute approximate surface area is 146 Å². The number of rotatable bonds is 4. The minimum Gasteiger partial charge on any atom is -0.497 e. The van der Waals surface area contributed by atoms with E-state index in [9.17, 15) is 9.59 Å². The van der Waals surface area contributed by atoms with Gasteiger partial charge in [-0.25, -0.2) is 0 Å². The zero-order chi connectivity index (χ0) is 18.0. The highest BCUT2D eigenvalue weighted by molar-refractivity contribution is 6.09. The van der Waals surface area contributed by atoms with Crippen molar-refractivity contribution >= 4 is 17.6 Å². The van der Waals surface area contributed by atoms with Crippen molar-refractivity contribution in [2.45, 2.75) is 31.8 Å². The summed E-state index contributed by atoms with van der Waals surface area (Å²) < 4.78 is 5.15. The summed E-state index contributed by atoms with van der Waals surface area (Å²) in [4.78, 5) is 30.7. The minimum absolute atomic E-state index is 0.0375. The number of nitrogens with zero attached hydrogens (tertiary/aromatic N) is 2. The maximum atomic E-state index is 13.0. The van der Waals surface area contributed by atoms with E-state index in [1.165, 1.54) is 0 Å². The highest BCUT2D eigenvalue weighted by atomic mass is 16.5. The second-order valence-corrected chi connectivity index (χ2v) is 6.35. The van der Waals surface area contributed by atoms with Crippen molar-refractivity contribution in [1.29, 1.82) is 0 Å². The predicted octanol–water partition coefficient (Wildman–Crippen LogP) is 2.35. The molecule has 6 heteroatoms. The Morgan fingerprint density at radius 2 is 2.04 bits per heavy atom. The molecule has 3 rings (SSSR count). The Bertz CT molecular complexity index is 780. The molecule has 2 unspecified atom stereocenters. The summed E-state index contributed by atoms with van der Waals surface area (Å²) in [5, 5.41) is 3.01. The Hall–Kier alpha value is -2.89. The van der Waals surface area contributed by atoms with E-state index >= 15 is 0 Å². The molecule has 6 nitrogen and oxygen atoms in total. The third kappa shape index (κ3) is 3.20. The lowest BCUT2D eigenvalue weighted by Crippen LogP contribution is -2.60. The number of methoxy groups -OCH3 is 1. The van der Waals surface area contributed by atoms with Crippen LogP contribution in [0.5, 0.6) is 5.75 Å². The van der Waals surface area contributed by atoms with E-state index in [4.69, 9.17) is 4.74 Å². The maximum absolute atomic E-state index is 13.0. The molecule has 0 saturated heterocycles. The van der Waals surface area contributed by atoms with Crippen molar-refractivity contribution in [1.82, 2.24) is 10.2 Å². The largest absolute Gasteiger partial charge is 0.497 e. The first-order valence-corrected chi connectivity index (χ1v) is 8.15. The van der Waals surface area contributed by atoms with Crippen LogP contribution in [0.2, 0.25) is 0 Å². The molecule has 0 saturated carbocycles. The van der Waals surface area contributed by atoms with Crippen molar-refractivity contribution in [3.8, 4) is 5.75 Å². The van der Waals surface area contributed by atoms with Crippen molar-refractivity contribution in [2.24, 2.45) is 4.99 Å². The highest BCUT2D eigenvalue weighted by Gasteiger charge is 2.45. The molecule has 25 heavy (non-hydrogen) atoms. The third-order valence-corrected chi connectivity index (χ3v) is 4.56. The molecule has 2 atom stereocenters. The maximum Gasteiger partial charge on any atom is 0.250 e. The standard InChI is InChI=1S/C19H21N3O3/c1-13(14-7-9-15(25-3)10-8-14)20-18(24)19(2)12-17(23)21-16-6-4-5-11-22(16)19/h4-11,13H,12H2,1-3H3,(H,20,24). The van der Waals surface area contributed by atoms with Crippen LogP contribution in [0.1, 0.15) is 31.9 Å². The number of amides is 2. The number of allylic oxidation sites excluding steroid dienone is 2. The van der Waals surface area contributed by atoms with Crippen LogP contribution in [0.25, 0.3) is 0 Å². The van der Waals surface area contributed by atoms with Gasteiger partial charge in [0.1, 0.15) is 17.1 Å². The summed E-state index contributed by atoms with van der Waals surface area (Å²) >= 11 is 0. The minimum atomic E-state index is -1.00. The lowest BCUT2D eigenvalue weighted by molar-refractivity contribution is -0.135. The Kier molecular flexibility index (Phi) is 4.44. The average molecular weight is 339 g/mol. The van der Waals surface area contributed by atoms with Crippen LogP contribution in [0.4, 0.5) is 0 Å². The first kappa shape index (κ1) is 17.0. The van der Waals surface area contributed by atoms with Crippen LogP contribution in [0.15, 0.2) is 53.7 Å². The monoisotopic (exact) mass is 339 g/mol. The van der Waals surface area contributed by atoms with Crippen LogP contribution >= 0.6 is 0 Å². The van der Waals surface area contributed by atoms with E-state index in [0.29, 0.717) is 5.84 Å². The van der Waals surface area contributed by atoms with Gasteiger partial charge in [0.15, 0.2) is 0 Å². The van der Waals surface area contributed by atoms with Gasteiger partial charge in [-0.2, -0.15) is 4.99 Å². The number of carbonyl (C=O) groups excluding carboxylic acids is 2. The highest BCUT2D eigenvalue weighted by Crippen LogP contribution is 2.29. The first-order chi connectivity index (χ1) is 11.9. The van der Waals surface area contributed by atoms with Gasteiger partial charge in [0.25, 0.3) is 5.91 Å². The quantitative estimate of drug-likeness (QED) is 0.914. The first-order valence-electron chi connectivity index (χ1n) is 8.15. The zero-order valence-electron chi connectivity index (χ0n) is 14.5. The number of hydrogen-bond donors (Lipinski definition) is 1. The molecule has 2 amide bonds. The smallest absolute Gasteiger partial charge is 0.250 e. The van der Waals surface area contributed by atoms with Crippen LogP contribution < -0.4 is 10.1 Å². The van der Waals surface area contributed by atoms with Gasteiger partial charge in [0, 0.05) is 6.20 Å². The van der Waals surface area contributed by atoms with Crippen molar-refractivity contribution in [2.75, 3.05) is 7.11 Å². The Morgan fingerprint density at radius 3 is 2.72 bits per heavy atom. The van der Waals surface area contributed by atoms with Crippen LogP contribution in [0.3, 0.4) is 0 Å². The van der Waals surface area contributed by atoms with Gasteiger partial charge < -0.3 is 15.0 Å². The number of amidine groups is 1. The van der Waals surface area contributed by atoms with E-state index in [-0.39, 0.29) is 24.3 Å². The van der Waals surface area contributed by atoms with E-state index in [1.54, 1.807) is 37.3 Å². The summed E-state index contributed by atoms with van der Waals surface area (Å²) in [7, 11) is 1.61. The van der Waals surface area contributed by atoms with Crippen LogP contribution in [0, 0.1) is 0 Å². The molecule has 2 heterocycles. The molecular formula is C19H21N3O3. The van der Waals surface area contributed by atoms with E-state index < -0.39 is 5.54 Å². The molecule has 0 spiro atoms. The summed E-state index contributed by atoms with van der Waals surface area (Å²) in [5.74, 6) is 0.754. The van der Waals surface area contributed by atoms with Gasteiger partial charge in [0.05, 0.1) is 19.6 Å². The molecule has 130 valence electrons. The molecule has 2 aliphatic heterocycles. The molecule has 1 N–H and O–H groups in total. The summed E-state index contributed by atoms with van der Waals surface area (Å²) in [6, 6.07) is 7.33. The molecule has 0 bridgehead atoms. The molecule has 2 aliphatic rings. The predicted molar refractivity (Wildman–Crippen MR) is 95.1 cm³/mol. The summed E-state index contributed by atoms with van der Waals surface area (Å²) in [6.07, 6.45) is 7.17. The van der Waals surface area contributed by atoms with Crippen molar-refractivity contribution in [3.05, 3.63) is 54.3 Å². The molecule has 0 aliphatic carbocycles. The van der Waals surface area contributed by atoms with Crippen molar-refractivity contribution < 1.29 is 14.3 Å². The fraction of sp³-hybridized carbons (Fsp3) is 0.316. The van der Waals surface area contributed by atoms with Crippen LogP contribution in [-0.2, 0) is 9.59 Å². The van der Waals surface area contributed by atoms with E-state index in [2.05, 4.69) is 10.3 Å². The lowest BCUT2D eigenvalue weighted by atomic mass is 9.90. The molecule has 1 aromatic rings. The summed E-state index contributed by atoms with van der Waals surface area (Å²) in [6.45, 7) is 3.67. The van der Waals surface area contributed by atoms with E-state index in [0.717, 1.165) is 11.3 Å². The van der Waals surface area contributed by atoms with Gasteiger partial charge in [0.2, 0.25) is 5.91 Å². The van der Waals surface area contributed by atoms with E-state index in [1.807, 2.05) is 37.3 Å². The number of hydrogen-bond acceptors (Lipinski definition) is 4. The van der Waals surface area contributed by atoms with Crippen LogP contribution in [-0.4, -0.2) is 35.2 Å². The third-order valence-electron chi connectivity index (χ3n) is 4.56. The second-order valence-electron chi connectivity index (χ2n) is 6.35. The van der Waals surface area contributed by atoms with Crippen molar-refractivity contribution in [3.63, 3.8) is 0 Å². The second kappa shape index (κ2) is 6.55. The molecule has 1 aromatic carbocycles. The fourth-order valence-corrected chi connectivity index (χ4v) is 3.01. The number of ether oxygens (including phenoxy) is 1. The topological polar surface area (TPSA) is 71.0 Å². The van der Waals surface area contributed by atoms with Gasteiger partial charge in [-0.15, -0.1) is 0 Å². The summed E-state index contributed by atoms with van der Waals surface area (Å²) in [5.41, 5.74) is -0.0428. The molecule has 0 aromatic heterocycles. The number of carbonyl (C=O) groups is 2.